The van der Waals surface area contributed by atoms with Crippen LogP contribution in [0.4, 0.5) is 23.3 Å². The Hall–Kier alpha value is -3.88. The lowest BCUT2D eigenvalue weighted by molar-refractivity contribution is 0.0463. The van der Waals surface area contributed by atoms with Crippen LogP contribution in [0.2, 0.25) is 0 Å². The van der Waals surface area contributed by atoms with Crippen molar-refractivity contribution < 1.29 is 14.3 Å². The van der Waals surface area contributed by atoms with E-state index in [0.29, 0.717) is 22.7 Å². The first-order valence-electron chi connectivity index (χ1n) is 8.45. The minimum absolute atomic E-state index is 0.00840. The minimum atomic E-state index is -0.497. The Labute approximate surface area is 161 Å². The maximum absolute atomic E-state index is 12.3. The predicted molar refractivity (Wildman–Crippen MR) is 106 cm³/mol. The standard InChI is InChI=1S/C19H20N6O3/c1-21-13-8-4-3-7-12(13)17(26)28-11-16-23-18(20)25-19(24-16)22-14-9-5-6-10-15(14)27-2/h3-10,21H,11H2,1-2H3,(H3,20,22,23,24,25). The van der Waals surface area contributed by atoms with Crippen molar-refractivity contribution in [1.29, 1.82) is 0 Å². The van der Waals surface area contributed by atoms with Gasteiger partial charge in [-0.15, -0.1) is 0 Å². The van der Waals surface area contributed by atoms with E-state index >= 15 is 0 Å². The first kappa shape index (κ1) is 18.9. The first-order valence-corrected chi connectivity index (χ1v) is 8.45. The molecule has 4 N–H and O–H groups in total. The van der Waals surface area contributed by atoms with Gasteiger partial charge in [-0.25, -0.2) is 4.79 Å². The molecule has 1 aromatic heterocycles. The number of esters is 1. The highest BCUT2D eigenvalue weighted by atomic mass is 16.5. The molecule has 1 heterocycles. The molecule has 0 unspecified atom stereocenters. The first-order chi connectivity index (χ1) is 13.6. The van der Waals surface area contributed by atoms with Crippen molar-refractivity contribution in [1.82, 2.24) is 15.0 Å². The third kappa shape index (κ3) is 4.44. The fourth-order valence-corrected chi connectivity index (χ4v) is 2.51. The topological polar surface area (TPSA) is 124 Å². The number of para-hydroxylation sites is 3. The van der Waals surface area contributed by atoms with Gasteiger partial charge in [0.15, 0.2) is 12.4 Å². The van der Waals surface area contributed by atoms with Crippen molar-refractivity contribution >= 4 is 29.2 Å². The number of benzene rings is 2. The lowest BCUT2D eigenvalue weighted by Crippen LogP contribution is -2.12. The fourth-order valence-electron chi connectivity index (χ4n) is 2.51. The van der Waals surface area contributed by atoms with E-state index in [0.717, 1.165) is 0 Å². The number of nitrogens with zero attached hydrogens (tertiary/aromatic N) is 3. The van der Waals surface area contributed by atoms with Crippen molar-refractivity contribution in [3.8, 4) is 5.75 Å². The van der Waals surface area contributed by atoms with Crippen LogP contribution >= 0.6 is 0 Å². The summed E-state index contributed by atoms with van der Waals surface area (Å²) < 4.78 is 10.6. The summed E-state index contributed by atoms with van der Waals surface area (Å²) >= 11 is 0. The zero-order valence-corrected chi connectivity index (χ0v) is 15.5. The average Bonchev–Trinajstić information content (AvgIpc) is 2.72. The molecule has 0 radical (unpaired) electrons. The highest BCUT2D eigenvalue weighted by molar-refractivity contribution is 5.95. The number of methoxy groups -OCH3 is 1. The summed E-state index contributed by atoms with van der Waals surface area (Å²) in [6.07, 6.45) is 0. The molecule has 0 spiro atoms. The van der Waals surface area contributed by atoms with Gasteiger partial charge < -0.3 is 25.8 Å². The molecule has 144 valence electrons. The van der Waals surface area contributed by atoms with Gasteiger partial charge in [-0.3, -0.25) is 0 Å². The Morgan fingerprint density at radius 3 is 2.50 bits per heavy atom. The molecule has 0 saturated heterocycles. The highest BCUT2D eigenvalue weighted by Crippen LogP contribution is 2.25. The highest BCUT2D eigenvalue weighted by Gasteiger charge is 2.14. The van der Waals surface area contributed by atoms with E-state index in [4.69, 9.17) is 15.2 Å². The molecule has 0 amide bonds. The molecule has 3 aromatic rings. The van der Waals surface area contributed by atoms with E-state index < -0.39 is 5.97 Å². The lowest BCUT2D eigenvalue weighted by atomic mass is 10.2. The van der Waals surface area contributed by atoms with E-state index in [9.17, 15) is 4.79 Å². The van der Waals surface area contributed by atoms with E-state index in [2.05, 4.69) is 25.6 Å². The maximum Gasteiger partial charge on any atom is 0.340 e. The van der Waals surface area contributed by atoms with Gasteiger partial charge in [0.05, 0.1) is 18.4 Å². The van der Waals surface area contributed by atoms with Gasteiger partial charge in [0, 0.05) is 12.7 Å². The van der Waals surface area contributed by atoms with Crippen LogP contribution in [0.1, 0.15) is 16.2 Å². The number of hydrogen-bond acceptors (Lipinski definition) is 9. The third-order valence-corrected chi connectivity index (χ3v) is 3.80. The molecule has 0 aliphatic carbocycles. The smallest absolute Gasteiger partial charge is 0.340 e. The van der Waals surface area contributed by atoms with Gasteiger partial charge >= 0.3 is 5.97 Å². The van der Waals surface area contributed by atoms with Crippen molar-refractivity contribution in [2.45, 2.75) is 6.61 Å². The molecule has 0 atom stereocenters. The Morgan fingerprint density at radius 1 is 1.04 bits per heavy atom. The lowest BCUT2D eigenvalue weighted by Gasteiger charge is -2.11. The van der Waals surface area contributed by atoms with E-state index in [1.807, 2.05) is 24.3 Å². The predicted octanol–water partition coefficient (Wildman–Crippen LogP) is 2.60. The number of carbonyl (C=O) groups excluding carboxylic acids is 1. The number of carbonyl (C=O) groups is 1. The minimum Gasteiger partial charge on any atom is -0.495 e. The molecule has 0 aliphatic heterocycles. The summed E-state index contributed by atoms with van der Waals surface area (Å²) in [6, 6.07) is 14.3. The van der Waals surface area contributed by atoms with Crippen LogP contribution in [0.15, 0.2) is 48.5 Å². The fraction of sp³-hybridized carbons (Fsp3) is 0.158. The monoisotopic (exact) mass is 380 g/mol. The number of rotatable bonds is 7. The summed E-state index contributed by atoms with van der Waals surface area (Å²) in [4.78, 5) is 24.7. The van der Waals surface area contributed by atoms with Crippen LogP contribution in [0.5, 0.6) is 5.75 Å². The average molecular weight is 380 g/mol. The molecule has 9 heteroatoms. The largest absolute Gasteiger partial charge is 0.495 e. The Kier molecular flexibility index (Phi) is 5.85. The number of nitrogen functional groups attached to an aromatic ring is 1. The maximum atomic E-state index is 12.3. The quantitative estimate of drug-likeness (QED) is 0.530. The molecule has 2 aromatic carbocycles. The molecule has 0 bridgehead atoms. The van der Waals surface area contributed by atoms with Crippen molar-refractivity contribution in [3.05, 3.63) is 59.9 Å². The van der Waals surface area contributed by atoms with Crippen molar-refractivity contribution in [2.24, 2.45) is 0 Å². The Morgan fingerprint density at radius 2 is 1.75 bits per heavy atom. The number of ether oxygens (including phenoxy) is 2. The summed E-state index contributed by atoms with van der Waals surface area (Å²) in [5, 5.41) is 5.97. The van der Waals surface area contributed by atoms with Crippen LogP contribution in [-0.2, 0) is 11.3 Å². The second kappa shape index (κ2) is 8.67. The zero-order valence-electron chi connectivity index (χ0n) is 15.5. The van der Waals surface area contributed by atoms with Gasteiger partial charge in [0.1, 0.15) is 5.75 Å². The second-order valence-corrected chi connectivity index (χ2v) is 5.63. The zero-order chi connectivity index (χ0) is 19.9. The molecule has 0 aliphatic rings. The van der Waals surface area contributed by atoms with E-state index in [1.165, 1.54) is 0 Å². The van der Waals surface area contributed by atoms with E-state index in [-0.39, 0.29) is 24.3 Å². The molecule has 9 nitrogen and oxygen atoms in total. The van der Waals surface area contributed by atoms with Crippen molar-refractivity contribution in [3.63, 3.8) is 0 Å². The van der Waals surface area contributed by atoms with Gasteiger partial charge in [-0.1, -0.05) is 24.3 Å². The van der Waals surface area contributed by atoms with Gasteiger partial charge in [0.2, 0.25) is 11.9 Å². The number of hydrogen-bond donors (Lipinski definition) is 3. The molecule has 3 rings (SSSR count). The number of nitrogens with one attached hydrogen (secondary N) is 2. The van der Waals surface area contributed by atoms with Gasteiger partial charge in [-0.2, -0.15) is 15.0 Å². The summed E-state index contributed by atoms with van der Waals surface area (Å²) in [5.41, 5.74) is 7.51. The number of aromatic nitrogens is 3. The number of nitrogens with two attached hydrogens (primary N) is 1. The summed E-state index contributed by atoms with van der Waals surface area (Å²) in [6.45, 7) is -0.149. The summed E-state index contributed by atoms with van der Waals surface area (Å²) in [5.74, 6) is 0.578. The SMILES string of the molecule is CNc1ccccc1C(=O)OCc1nc(N)nc(Nc2ccccc2OC)n1. The Balaban J connectivity index is 1.74. The third-order valence-electron chi connectivity index (χ3n) is 3.80. The van der Waals surface area contributed by atoms with Crippen molar-refractivity contribution in [2.75, 3.05) is 30.5 Å². The van der Waals surface area contributed by atoms with Crippen LogP contribution in [0, 0.1) is 0 Å². The van der Waals surface area contributed by atoms with Gasteiger partial charge in [-0.05, 0) is 24.3 Å². The summed E-state index contributed by atoms with van der Waals surface area (Å²) in [7, 11) is 3.30. The van der Waals surface area contributed by atoms with Gasteiger partial charge in [0.25, 0.3) is 0 Å². The molecule has 0 fully saturated rings. The molecule has 0 saturated carbocycles. The van der Waals surface area contributed by atoms with Crippen LogP contribution < -0.4 is 21.1 Å². The van der Waals surface area contributed by atoms with Crippen LogP contribution in [-0.4, -0.2) is 35.1 Å². The normalized spacial score (nSPS) is 10.2. The molecule has 28 heavy (non-hydrogen) atoms. The Bertz CT molecular complexity index is 979. The number of anilines is 4. The molecular weight excluding hydrogens is 360 g/mol. The van der Waals surface area contributed by atoms with E-state index in [1.54, 1.807) is 38.4 Å². The second-order valence-electron chi connectivity index (χ2n) is 5.63. The van der Waals surface area contributed by atoms with Crippen LogP contribution in [0.25, 0.3) is 0 Å². The molecular formula is C19H20N6O3. The van der Waals surface area contributed by atoms with Crippen LogP contribution in [0.3, 0.4) is 0 Å².